The van der Waals surface area contributed by atoms with Crippen molar-refractivity contribution >= 4 is 0 Å². The van der Waals surface area contributed by atoms with Gasteiger partial charge in [-0.3, -0.25) is 10.1 Å². The van der Waals surface area contributed by atoms with Gasteiger partial charge in [-0.25, -0.2) is 0 Å². The maximum Gasteiger partial charge on any atom is 0.216 e. The lowest BCUT2D eigenvalue weighted by atomic mass is 9.43. The monoisotopic (exact) mass is 417 g/mol. The van der Waals surface area contributed by atoms with E-state index in [1.807, 2.05) is 0 Å². The molecule has 0 aromatic rings. The first kappa shape index (κ1) is 22.6. The van der Waals surface area contributed by atoms with E-state index in [9.17, 15) is 10.1 Å². The summed E-state index contributed by atoms with van der Waals surface area (Å²) in [7, 11) is 0. The largest absolute Gasteiger partial charge is 0.264 e. The molecule has 0 aromatic heterocycles. The summed E-state index contributed by atoms with van der Waals surface area (Å²) >= 11 is 0. The summed E-state index contributed by atoms with van der Waals surface area (Å²) in [6.45, 7) is 12.3. The van der Waals surface area contributed by atoms with Crippen LogP contribution in [0.4, 0.5) is 0 Å². The van der Waals surface area contributed by atoms with Crippen LogP contribution in [0, 0.1) is 62.4 Å². The predicted octanol–water partition coefficient (Wildman–Crippen LogP) is 7.75. The van der Waals surface area contributed by atoms with Crippen LogP contribution in [0.15, 0.2) is 0 Å². The van der Waals surface area contributed by atoms with Gasteiger partial charge < -0.3 is 0 Å². The van der Waals surface area contributed by atoms with E-state index in [1.54, 1.807) is 0 Å². The van der Waals surface area contributed by atoms with Crippen molar-refractivity contribution in [2.45, 2.75) is 118 Å². The summed E-state index contributed by atoms with van der Waals surface area (Å²) in [5.41, 5.74) is 0.651. The molecular weight excluding hydrogens is 370 g/mol. The Bertz CT molecular complexity index is 632. The summed E-state index contributed by atoms with van der Waals surface area (Å²) in [4.78, 5) is 12.3. The van der Waals surface area contributed by atoms with E-state index in [0.29, 0.717) is 17.3 Å². The molecule has 4 rings (SSSR count). The van der Waals surface area contributed by atoms with Crippen LogP contribution in [-0.4, -0.2) is 11.0 Å². The van der Waals surface area contributed by atoms with E-state index in [2.05, 4.69) is 34.6 Å². The Morgan fingerprint density at radius 2 is 1.63 bits per heavy atom. The highest BCUT2D eigenvalue weighted by atomic mass is 16.6. The Morgan fingerprint density at radius 1 is 0.900 bits per heavy atom. The van der Waals surface area contributed by atoms with Crippen LogP contribution in [0.3, 0.4) is 0 Å². The fourth-order valence-electron chi connectivity index (χ4n) is 9.61. The molecule has 0 saturated heterocycles. The third kappa shape index (κ3) is 3.64. The molecule has 4 fully saturated rings. The molecule has 0 spiro atoms. The van der Waals surface area contributed by atoms with Crippen molar-refractivity contribution in [2.75, 3.05) is 0 Å². The quantitative estimate of drug-likeness (QED) is 0.327. The zero-order chi connectivity index (χ0) is 21.7. The van der Waals surface area contributed by atoms with Crippen molar-refractivity contribution in [3.63, 3.8) is 0 Å². The van der Waals surface area contributed by atoms with E-state index in [1.165, 1.54) is 64.2 Å². The van der Waals surface area contributed by atoms with E-state index < -0.39 is 0 Å². The van der Waals surface area contributed by atoms with Crippen molar-refractivity contribution in [2.24, 2.45) is 52.3 Å². The molecule has 0 aromatic carbocycles. The second-order valence-corrected chi connectivity index (χ2v) is 12.9. The molecule has 0 amide bonds. The third-order valence-corrected chi connectivity index (χ3v) is 11.1. The lowest BCUT2D eigenvalue weighted by Crippen LogP contribution is -2.58. The summed E-state index contributed by atoms with van der Waals surface area (Å²) < 4.78 is 0. The van der Waals surface area contributed by atoms with Gasteiger partial charge in [0.15, 0.2) is 0 Å². The second kappa shape index (κ2) is 8.39. The van der Waals surface area contributed by atoms with Crippen LogP contribution in [-0.2, 0) is 0 Å². The Balaban J connectivity index is 1.54. The fourth-order valence-corrected chi connectivity index (χ4v) is 9.61. The molecule has 0 unspecified atom stereocenters. The molecule has 30 heavy (non-hydrogen) atoms. The van der Waals surface area contributed by atoms with Crippen LogP contribution >= 0.6 is 0 Å². The average Bonchev–Trinajstić information content (AvgIpc) is 3.03. The lowest BCUT2D eigenvalue weighted by Gasteiger charge is -2.60. The maximum atomic E-state index is 12.1. The van der Waals surface area contributed by atoms with Gasteiger partial charge in [0.25, 0.3) is 0 Å². The van der Waals surface area contributed by atoms with Gasteiger partial charge in [0, 0.05) is 17.3 Å². The molecule has 172 valence electrons. The SMILES string of the molecule is CC(C)CCC[C@@H](C)[C@@H]1CC[C@@H]2[C@@H]3C[C@H]([N+](=O)[O-])[C@H]4CCCC[C@]4(C)[C@H]3CC[C@]21C. The predicted molar refractivity (Wildman–Crippen MR) is 124 cm³/mol. The molecule has 0 heterocycles. The third-order valence-electron chi connectivity index (χ3n) is 11.1. The minimum atomic E-state index is -0.276. The van der Waals surface area contributed by atoms with Crippen molar-refractivity contribution in [3.8, 4) is 0 Å². The molecule has 4 aliphatic rings. The molecular formula is C27H47NO2. The van der Waals surface area contributed by atoms with Gasteiger partial charge in [0.2, 0.25) is 6.04 Å². The summed E-state index contributed by atoms with van der Waals surface area (Å²) in [6, 6.07) is -0.276. The first-order chi connectivity index (χ1) is 14.2. The number of hydrogen-bond donors (Lipinski definition) is 0. The van der Waals surface area contributed by atoms with Crippen LogP contribution in [0.25, 0.3) is 0 Å². The average molecular weight is 418 g/mol. The van der Waals surface area contributed by atoms with Crippen molar-refractivity contribution < 1.29 is 4.92 Å². The first-order valence-electron chi connectivity index (χ1n) is 13.3. The molecule has 0 N–H and O–H groups in total. The van der Waals surface area contributed by atoms with Crippen molar-refractivity contribution in [3.05, 3.63) is 10.1 Å². The Kier molecular flexibility index (Phi) is 6.32. The van der Waals surface area contributed by atoms with Crippen molar-refractivity contribution in [1.29, 1.82) is 0 Å². The molecule has 0 bridgehead atoms. The first-order valence-corrected chi connectivity index (χ1v) is 13.3. The van der Waals surface area contributed by atoms with Crippen LogP contribution < -0.4 is 0 Å². The zero-order valence-electron chi connectivity index (χ0n) is 20.4. The number of nitro groups is 1. The highest BCUT2D eigenvalue weighted by molar-refractivity contribution is 5.11. The molecule has 0 radical (unpaired) electrons. The Labute approximate surface area is 185 Å². The topological polar surface area (TPSA) is 43.1 Å². The highest BCUT2D eigenvalue weighted by Gasteiger charge is 2.64. The smallest absolute Gasteiger partial charge is 0.216 e. The standard InChI is InChI=1S/C27H47NO2/c1-18(2)9-8-10-19(3)21-12-13-22-20-17-25(28(29)30)24-11-6-7-15-26(24,4)23(20)14-16-27(21,22)5/h18-25H,6-17H2,1-5H3/t19-,20+,21+,22-,23+,24-,25+,26-,27+/m1/s1. The van der Waals surface area contributed by atoms with E-state index in [0.717, 1.165) is 42.4 Å². The van der Waals surface area contributed by atoms with Gasteiger partial charge in [0.1, 0.15) is 0 Å². The minimum Gasteiger partial charge on any atom is -0.264 e. The van der Waals surface area contributed by atoms with Gasteiger partial charge in [-0.2, -0.15) is 0 Å². The summed E-state index contributed by atoms with van der Waals surface area (Å²) in [6.07, 6.45) is 15.2. The Morgan fingerprint density at radius 3 is 2.33 bits per heavy atom. The molecule has 3 nitrogen and oxygen atoms in total. The van der Waals surface area contributed by atoms with E-state index >= 15 is 0 Å². The fraction of sp³-hybridized carbons (Fsp3) is 1.00. The second-order valence-electron chi connectivity index (χ2n) is 12.9. The van der Waals surface area contributed by atoms with Gasteiger partial charge >= 0.3 is 0 Å². The van der Waals surface area contributed by atoms with E-state index in [-0.39, 0.29) is 16.4 Å². The van der Waals surface area contributed by atoms with Gasteiger partial charge in [0.05, 0.1) is 0 Å². The molecule has 9 atom stereocenters. The van der Waals surface area contributed by atoms with Gasteiger partial charge in [-0.15, -0.1) is 0 Å². The number of rotatable bonds is 6. The van der Waals surface area contributed by atoms with Gasteiger partial charge in [-0.05, 0) is 84.9 Å². The molecule has 4 saturated carbocycles. The van der Waals surface area contributed by atoms with Gasteiger partial charge in [-0.1, -0.05) is 66.7 Å². The number of nitrogens with zero attached hydrogens (tertiary/aromatic N) is 1. The maximum absolute atomic E-state index is 12.1. The molecule has 0 aliphatic heterocycles. The highest BCUT2D eigenvalue weighted by Crippen LogP contribution is 2.68. The van der Waals surface area contributed by atoms with Crippen LogP contribution in [0.1, 0.15) is 112 Å². The number of hydrogen-bond acceptors (Lipinski definition) is 2. The van der Waals surface area contributed by atoms with Crippen LogP contribution in [0.2, 0.25) is 0 Å². The molecule has 4 aliphatic carbocycles. The van der Waals surface area contributed by atoms with Crippen LogP contribution in [0.5, 0.6) is 0 Å². The lowest BCUT2D eigenvalue weighted by molar-refractivity contribution is -0.547. The molecule has 3 heteroatoms. The number of fused-ring (bicyclic) bond motifs is 5. The Hall–Kier alpha value is -0.600. The van der Waals surface area contributed by atoms with Crippen molar-refractivity contribution in [1.82, 2.24) is 0 Å². The normalized spacial score (nSPS) is 46.7. The summed E-state index contributed by atoms with van der Waals surface area (Å²) in [5.74, 6) is 4.86. The summed E-state index contributed by atoms with van der Waals surface area (Å²) in [5, 5.41) is 12.1. The van der Waals surface area contributed by atoms with E-state index in [4.69, 9.17) is 0 Å². The minimum absolute atomic E-state index is 0.136. The zero-order valence-corrected chi connectivity index (χ0v) is 20.4.